The number of para-hydroxylation sites is 2. The lowest BCUT2D eigenvalue weighted by Gasteiger charge is -2.16. The Hall–Kier alpha value is -3.60. The Morgan fingerprint density at radius 1 is 0.844 bits per heavy atom. The maximum absolute atomic E-state index is 12.8. The van der Waals surface area contributed by atoms with Crippen molar-refractivity contribution in [1.82, 2.24) is 0 Å². The van der Waals surface area contributed by atoms with Crippen LogP contribution in [0.5, 0.6) is 5.75 Å². The highest BCUT2D eigenvalue weighted by Crippen LogP contribution is 2.24. The number of ether oxygens (including phenoxy) is 1. The van der Waals surface area contributed by atoms with Gasteiger partial charge in [0.05, 0.1) is 0 Å². The Morgan fingerprint density at radius 2 is 1.47 bits per heavy atom. The summed E-state index contributed by atoms with van der Waals surface area (Å²) in [5.74, 6) is 0.124. The molecule has 0 bridgehead atoms. The molecule has 1 unspecified atom stereocenters. The number of carbonyl (C=O) groups excluding carboxylic acids is 2. The molecular formula is C27H30N2O3. The first kappa shape index (κ1) is 23.1. The fourth-order valence-electron chi connectivity index (χ4n) is 3.48. The molecule has 0 aromatic heterocycles. The standard InChI is InChI=1S/C27H30N2O3/c1-5-20-11-9-12-21(6-2)25(20)29-27(31)22-14-16-23(17-15-22)32-19(4)26(30)28-24-13-8-7-10-18(24)3/h7-17,19H,5-6H2,1-4H3,(H,28,30)(H,29,31). The largest absolute Gasteiger partial charge is 0.481 e. The average Bonchev–Trinajstić information content (AvgIpc) is 2.81. The summed E-state index contributed by atoms with van der Waals surface area (Å²) in [5.41, 5.74) is 5.40. The molecule has 2 amide bonds. The Morgan fingerprint density at radius 3 is 2.06 bits per heavy atom. The van der Waals surface area contributed by atoms with E-state index in [4.69, 9.17) is 4.74 Å². The second-order valence-electron chi connectivity index (χ2n) is 7.70. The number of carbonyl (C=O) groups is 2. The number of aryl methyl sites for hydroxylation is 3. The fraction of sp³-hybridized carbons (Fsp3) is 0.259. The lowest BCUT2D eigenvalue weighted by Crippen LogP contribution is -2.30. The van der Waals surface area contributed by atoms with Gasteiger partial charge in [0.15, 0.2) is 6.10 Å². The van der Waals surface area contributed by atoms with E-state index in [2.05, 4.69) is 24.5 Å². The maximum Gasteiger partial charge on any atom is 0.265 e. The van der Waals surface area contributed by atoms with Gasteiger partial charge in [0.25, 0.3) is 11.8 Å². The van der Waals surface area contributed by atoms with Crippen LogP contribution in [0.15, 0.2) is 66.7 Å². The number of rotatable bonds is 8. The molecule has 3 aromatic rings. The van der Waals surface area contributed by atoms with Crippen LogP contribution in [-0.2, 0) is 17.6 Å². The van der Waals surface area contributed by atoms with Gasteiger partial charge in [-0.25, -0.2) is 0 Å². The summed E-state index contributed by atoms with van der Waals surface area (Å²) in [6, 6.07) is 20.5. The third kappa shape index (κ3) is 5.55. The van der Waals surface area contributed by atoms with Crippen molar-refractivity contribution in [2.45, 2.75) is 46.6 Å². The summed E-state index contributed by atoms with van der Waals surface area (Å²) >= 11 is 0. The highest BCUT2D eigenvalue weighted by Gasteiger charge is 2.16. The second-order valence-corrected chi connectivity index (χ2v) is 7.70. The van der Waals surface area contributed by atoms with Crippen molar-refractivity contribution in [2.24, 2.45) is 0 Å². The molecule has 0 fully saturated rings. The van der Waals surface area contributed by atoms with Crippen LogP contribution in [-0.4, -0.2) is 17.9 Å². The van der Waals surface area contributed by atoms with Crippen molar-refractivity contribution in [3.8, 4) is 5.75 Å². The zero-order valence-electron chi connectivity index (χ0n) is 19.1. The van der Waals surface area contributed by atoms with Crippen molar-refractivity contribution in [2.75, 3.05) is 10.6 Å². The number of hydrogen-bond acceptors (Lipinski definition) is 3. The molecule has 0 saturated heterocycles. The van der Waals surface area contributed by atoms with Gasteiger partial charge in [0.2, 0.25) is 0 Å². The summed E-state index contributed by atoms with van der Waals surface area (Å²) < 4.78 is 5.77. The Balaban J connectivity index is 1.64. The first-order valence-electron chi connectivity index (χ1n) is 11.0. The fourth-order valence-corrected chi connectivity index (χ4v) is 3.48. The first-order valence-corrected chi connectivity index (χ1v) is 11.0. The van der Waals surface area contributed by atoms with Crippen molar-refractivity contribution < 1.29 is 14.3 Å². The van der Waals surface area contributed by atoms with E-state index in [1.807, 2.05) is 49.4 Å². The number of anilines is 2. The molecule has 5 heteroatoms. The van der Waals surface area contributed by atoms with E-state index in [9.17, 15) is 9.59 Å². The summed E-state index contributed by atoms with van der Waals surface area (Å²) in [5, 5.41) is 5.95. The van der Waals surface area contributed by atoms with Crippen molar-refractivity contribution >= 4 is 23.2 Å². The van der Waals surface area contributed by atoms with Gasteiger partial charge in [-0.3, -0.25) is 9.59 Å². The van der Waals surface area contributed by atoms with Gasteiger partial charge < -0.3 is 15.4 Å². The quantitative estimate of drug-likeness (QED) is 0.476. The average molecular weight is 431 g/mol. The van der Waals surface area contributed by atoms with Crippen LogP contribution in [0, 0.1) is 6.92 Å². The molecule has 0 heterocycles. The number of benzene rings is 3. The molecule has 5 nitrogen and oxygen atoms in total. The van der Waals surface area contributed by atoms with Gasteiger partial charge in [-0.2, -0.15) is 0 Å². The highest BCUT2D eigenvalue weighted by atomic mass is 16.5. The van der Waals surface area contributed by atoms with Gasteiger partial charge in [-0.05, 0) is 73.7 Å². The topological polar surface area (TPSA) is 67.4 Å². The van der Waals surface area contributed by atoms with E-state index in [-0.39, 0.29) is 11.8 Å². The molecule has 3 rings (SSSR count). The van der Waals surface area contributed by atoms with Crippen LogP contribution in [0.3, 0.4) is 0 Å². The van der Waals surface area contributed by atoms with Gasteiger partial charge in [0.1, 0.15) is 5.75 Å². The number of nitrogens with one attached hydrogen (secondary N) is 2. The van der Waals surface area contributed by atoms with Gasteiger partial charge in [-0.15, -0.1) is 0 Å². The molecule has 1 atom stereocenters. The van der Waals surface area contributed by atoms with Crippen LogP contribution < -0.4 is 15.4 Å². The first-order chi connectivity index (χ1) is 15.4. The molecule has 0 aliphatic carbocycles. The van der Waals surface area contributed by atoms with Crippen LogP contribution >= 0.6 is 0 Å². The maximum atomic E-state index is 12.8. The van der Waals surface area contributed by atoms with E-state index in [0.717, 1.165) is 40.9 Å². The minimum Gasteiger partial charge on any atom is -0.481 e. The summed E-state index contributed by atoms with van der Waals surface area (Å²) in [6.07, 6.45) is 1.01. The SMILES string of the molecule is CCc1cccc(CC)c1NC(=O)c1ccc(OC(C)C(=O)Nc2ccccc2C)cc1. The van der Waals surface area contributed by atoms with Crippen molar-refractivity contribution in [1.29, 1.82) is 0 Å². The molecule has 0 aliphatic rings. The Bertz CT molecular complexity index is 1070. The van der Waals surface area contributed by atoms with Crippen molar-refractivity contribution in [3.63, 3.8) is 0 Å². The number of amides is 2. The van der Waals surface area contributed by atoms with Gasteiger partial charge >= 0.3 is 0 Å². The third-order valence-corrected chi connectivity index (χ3v) is 5.44. The van der Waals surface area contributed by atoms with E-state index in [1.165, 1.54) is 0 Å². The zero-order valence-corrected chi connectivity index (χ0v) is 19.1. The summed E-state index contributed by atoms with van der Waals surface area (Å²) in [6.45, 7) is 7.79. The minimum atomic E-state index is -0.683. The molecule has 0 spiro atoms. The zero-order chi connectivity index (χ0) is 23.1. The van der Waals surface area contributed by atoms with Crippen LogP contribution in [0.25, 0.3) is 0 Å². The molecule has 0 aliphatic heterocycles. The van der Waals surface area contributed by atoms with Crippen molar-refractivity contribution in [3.05, 3.63) is 89.0 Å². The second kappa shape index (κ2) is 10.6. The molecule has 0 saturated carbocycles. The van der Waals surface area contributed by atoms with Gasteiger partial charge in [-0.1, -0.05) is 50.2 Å². The third-order valence-electron chi connectivity index (χ3n) is 5.44. The summed E-state index contributed by atoms with van der Waals surface area (Å²) in [7, 11) is 0. The minimum absolute atomic E-state index is 0.169. The predicted molar refractivity (Wildman–Crippen MR) is 129 cm³/mol. The molecule has 2 N–H and O–H groups in total. The molecule has 166 valence electrons. The lowest BCUT2D eigenvalue weighted by atomic mass is 10.0. The molecular weight excluding hydrogens is 400 g/mol. The van der Waals surface area contributed by atoms with Crippen LogP contribution in [0.4, 0.5) is 11.4 Å². The van der Waals surface area contributed by atoms with Crippen LogP contribution in [0.1, 0.15) is 47.8 Å². The Kier molecular flexibility index (Phi) is 7.66. The summed E-state index contributed by atoms with van der Waals surface area (Å²) in [4.78, 5) is 25.3. The van der Waals surface area contributed by atoms with E-state index in [1.54, 1.807) is 31.2 Å². The van der Waals surface area contributed by atoms with E-state index in [0.29, 0.717) is 11.3 Å². The monoisotopic (exact) mass is 430 g/mol. The highest BCUT2D eigenvalue weighted by molar-refractivity contribution is 6.05. The molecule has 3 aromatic carbocycles. The van der Waals surface area contributed by atoms with E-state index >= 15 is 0 Å². The van der Waals surface area contributed by atoms with Gasteiger partial charge in [0, 0.05) is 16.9 Å². The van der Waals surface area contributed by atoms with E-state index < -0.39 is 6.10 Å². The number of hydrogen-bond donors (Lipinski definition) is 2. The predicted octanol–water partition coefficient (Wildman–Crippen LogP) is 5.78. The molecule has 0 radical (unpaired) electrons. The lowest BCUT2D eigenvalue weighted by molar-refractivity contribution is -0.122. The molecule has 32 heavy (non-hydrogen) atoms. The Labute approximate surface area is 189 Å². The van der Waals surface area contributed by atoms with Crippen LogP contribution in [0.2, 0.25) is 0 Å². The normalized spacial score (nSPS) is 11.5. The smallest absolute Gasteiger partial charge is 0.265 e.